The number of carbonyl (C=O) groups is 3. The maximum Gasteiger partial charge on any atom is 0.306 e. The molecule has 0 spiro atoms. The topological polar surface area (TPSA) is 117 Å². The molecule has 0 saturated heterocycles. The number of carbonyl (C=O) groups excluding carboxylic acids is 3. The second-order valence-electron chi connectivity index (χ2n) is 8.40. The monoisotopic (exact) mass is 477 g/mol. The van der Waals surface area contributed by atoms with Gasteiger partial charge in [0.05, 0.1) is 23.1 Å². The summed E-state index contributed by atoms with van der Waals surface area (Å²) in [6, 6.07) is 12.1. The van der Waals surface area contributed by atoms with Crippen LogP contribution in [0.25, 0.3) is 11.0 Å². The van der Waals surface area contributed by atoms with E-state index >= 15 is 0 Å². The van der Waals surface area contributed by atoms with Gasteiger partial charge in [0.25, 0.3) is 11.5 Å². The van der Waals surface area contributed by atoms with Gasteiger partial charge in [0.1, 0.15) is 11.4 Å². The molecule has 0 aliphatic carbocycles. The molecular formula is C26H27N3O6. The number of hydrogen-bond donors (Lipinski definition) is 1. The number of unbranched alkanes of at least 4 members (excludes halogenated alkanes) is 1. The quantitative estimate of drug-likeness (QED) is 0.371. The van der Waals surface area contributed by atoms with E-state index in [4.69, 9.17) is 9.47 Å². The van der Waals surface area contributed by atoms with E-state index in [1.165, 1.54) is 13.0 Å². The minimum absolute atomic E-state index is 0.0793. The largest absolute Gasteiger partial charge is 0.482 e. The number of ketones is 1. The normalized spacial score (nSPS) is 13.5. The average molecular weight is 478 g/mol. The minimum atomic E-state index is -1.04. The third kappa shape index (κ3) is 5.40. The number of aromatic nitrogens is 2. The maximum absolute atomic E-state index is 13.0. The lowest BCUT2D eigenvalue weighted by Gasteiger charge is -2.19. The first kappa shape index (κ1) is 24.1. The second-order valence-corrected chi connectivity index (χ2v) is 8.40. The molecule has 1 N–H and O–H groups in total. The molecule has 1 atom stereocenters. The summed E-state index contributed by atoms with van der Waals surface area (Å²) < 4.78 is 12.3. The fourth-order valence-corrected chi connectivity index (χ4v) is 3.95. The average Bonchev–Trinajstić information content (AvgIpc) is 2.86. The van der Waals surface area contributed by atoms with Gasteiger partial charge >= 0.3 is 5.97 Å². The Kier molecular flexibility index (Phi) is 7.24. The van der Waals surface area contributed by atoms with Gasteiger partial charge in [0, 0.05) is 18.5 Å². The molecule has 1 aromatic heterocycles. The van der Waals surface area contributed by atoms with Crippen molar-refractivity contribution in [3.8, 4) is 5.75 Å². The summed E-state index contributed by atoms with van der Waals surface area (Å²) in [4.78, 5) is 54.3. The van der Waals surface area contributed by atoms with Crippen molar-refractivity contribution in [2.24, 2.45) is 0 Å². The molecule has 0 fully saturated rings. The Bertz CT molecular complexity index is 1350. The van der Waals surface area contributed by atoms with Crippen molar-refractivity contribution >= 4 is 34.4 Å². The van der Waals surface area contributed by atoms with E-state index in [0.29, 0.717) is 29.2 Å². The molecule has 1 aliphatic heterocycles. The van der Waals surface area contributed by atoms with E-state index in [9.17, 15) is 19.2 Å². The van der Waals surface area contributed by atoms with Crippen LogP contribution in [0.2, 0.25) is 0 Å². The van der Waals surface area contributed by atoms with Crippen molar-refractivity contribution < 1.29 is 23.9 Å². The molecule has 2 aromatic carbocycles. The lowest BCUT2D eigenvalue weighted by Crippen LogP contribution is -2.28. The van der Waals surface area contributed by atoms with E-state index in [-0.39, 0.29) is 36.5 Å². The fraction of sp³-hybridized carbons (Fsp3) is 0.346. The van der Waals surface area contributed by atoms with Gasteiger partial charge in [-0.05, 0) is 43.7 Å². The fourth-order valence-electron chi connectivity index (χ4n) is 3.95. The van der Waals surface area contributed by atoms with Crippen LogP contribution < -0.4 is 15.6 Å². The van der Waals surface area contributed by atoms with Crippen LogP contribution in [0.15, 0.2) is 47.3 Å². The van der Waals surface area contributed by atoms with Crippen LogP contribution in [0.1, 0.15) is 49.2 Å². The second kappa shape index (κ2) is 10.5. The van der Waals surface area contributed by atoms with Crippen molar-refractivity contribution in [2.75, 3.05) is 11.9 Å². The number of Topliss-reactive ketones (excluding diaryl/α,β-unsaturated/α-hetero) is 1. The Balaban J connectivity index is 1.42. The smallest absolute Gasteiger partial charge is 0.306 e. The van der Waals surface area contributed by atoms with E-state index < -0.39 is 17.9 Å². The van der Waals surface area contributed by atoms with Gasteiger partial charge in [0.2, 0.25) is 5.78 Å². The molecule has 9 heteroatoms. The van der Waals surface area contributed by atoms with Crippen molar-refractivity contribution in [1.29, 1.82) is 0 Å². The van der Waals surface area contributed by atoms with Crippen LogP contribution in [-0.2, 0) is 27.3 Å². The lowest BCUT2D eigenvalue weighted by molar-refractivity contribution is -0.146. The third-order valence-electron chi connectivity index (χ3n) is 5.80. The van der Waals surface area contributed by atoms with Crippen molar-refractivity contribution in [2.45, 2.75) is 52.2 Å². The number of fused-ring (bicyclic) bond motifs is 2. The number of benzene rings is 2. The molecule has 1 unspecified atom stereocenters. The van der Waals surface area contributed by atoms with Gasteiger partial charge in [-0.3, -0.25) is 19.2 Å². The predicted octanol–water partition coefficient (Wildman–Crippen LogP) is 3.27. The van der Waals surface area contributed by atoms with Crippen LogP contribution in [0.3, 0.4) is 0 Å². The molecule has 2 heterocycles. The SMILES string of the molecule is CCCCn1c(=O)c(CCC(=O)OC(C)C(=O)c2ccc3c(c2)NC(=O)CO3)nc2ccccc21. The number of nitrogens with one attached hydrogen (secondary N) is 1. The van der Waals surface area contributed by atoms with Gasteiger partial charge in [-0.25, -0.2) is 4.98 Å². The molecule has 1 amide bonds. The molecule has 3 aromatic rings. The summed E-state index contributed by atoms with van der Waals surface area (Å²) in [7, 11) is 0. The van der Waals surface area contributed by atoms with Gasteiger partial charge < -0.3 is 19.4 Å². The highest BCUT2D eigenvalue weighted by atomic mass is 16.5. The van der Waals surface area contributed by atoms with Crippen LogP contribution in [0.5, 0.6) is 5.75 Å². The summed E-state index contributed by atoms with van der Waals surface area (Å²) in [6.45, 7) is 4.04. The van der Waals surface area contributed by atoms with Crippen molar-refractivity contribution in [3.05, 3.63) is 64.1 Å². The van der Waals surface area contributed by atoms with Crippen LogP contribution in [0.4, 0.5) is 5.69 Å². The molecule has 35 heavy (non-hydrogen) atoms. The van der Waals surface area contributed by atoms with E-state index in [1.807, 2.05) is 24.3 Å². The van der Waals surface area contributed by atoms with Crippen LogP contribution in [-0.4, -0.2) is 39.9 Å². The highest BCUT2D eigenvalue weighted by molar-refractivity contribution is 6.03. The summed E-state index contributed by atoms with van der Waals surface area (Å²) in [6.07, 6.45) is 0.789. The van der Waals surface area contributed by atoms with Gasteiger partial charge in [0.15, 0.2) is 12.7 Å². The van der Waals surface area contributed by atoms with E-state index in [1.54, 1.807) is 16.7 Å². The Labute approximate surface area is 202 Å². The Morgan fingerprint density at radius 2 is 2.00 bits per heavy atom. The number of aryl methyl sites for hydroxylation is 2. The molecule has 1 aliphatic rings. The standard InChI is InChI=1S/C26H27N3O6/c1-3-4-13-29-21-8-6-5-7-18(21)27-19(26(29)33)10-12-24(31)35-16(2)25(32)17-9-11-22-20(14-17)28-23(30)15-34-22/h5-9,11,14,16H,3-4,10,12-13,15H2,1-2H3,(H,28,30). The first-order valence-electron chi connectivity index (χ1n) is 11.7. The third-order valence-corrected chi connectivity index (χ3v) is 5.80. The number of nitrogens with zero attached hydrogens (tertiary/aromatic N) is 2. The maximum atomic E-state index is 13.0. The predicted molar refractivity (Wildman–Crippen MR) is 130 cm³/mol. The first-order valence-corrected chi connectivity index (χ1v) is 11.7. The number of esters is 1. The van der Waals surface area contributed by atoms with Crippen LogP contribution >= 0.6 is 0 Å². The Morgan fingerprint density at radius 1 is 1.20 bits per heavy atom. The highest BCUT2D eigenvalue weighted by Crippen LogP contribution is 2.29. The summed E-state index contributed by atoms with van der Waals surface area (Å²) in [5.41, 5.74) is 2.22. The Hall–Kier alpha value is -4.01. The molecular weight excluding hydrogens is 450 g/mol. The Morgan fingerprint density at radius 3 is 2.80 bits per heavy atom. The number of rotatable bonds is 9. The zero-order chi connectivity index (χ0) is 24.9. The number of amides is 1. The summed E-state index contributed by atoms with van der Waals surface area (Å²) in [5, 5.41) is 2.65. The van der Waals surface area contributed by atoms with E-state index in [0.717, 1.165) is 18.4 Å². The molecule has 182 valence electrons. The number of para-hydroxylation sites is 2. The number of ether oxygens (including phenoxy) is 2. The minimum Gasteiger partial charge on any atom is -0.482 e. The van der Waals surface area contributed by atoms with Crippen molar-refractivity contribution in [3.63, 3.8) is 0 Å². The molecule has 0 saturated carbocycles. The zero-order valence-electron chi connectivity index (χ0n) is 19.7. The lowest BCUT2D eigenvalue weighted by atomic mass is 10.1. The van der Waals surface area contributed by atoms with Gasteiger partial charge in [-0.2, -0.15) is 0 Å². The van der Waals surface area contributed by atoms with Gasteiger partial charge in [-0.15, -0.1) is 0 Å². The van der Waals surface area contributed by atoms with E-state index in [2.05, 4.69) is 17.2 Å². The van der Waals surface area contributed by atoms with Crippen LogP contribution in [0, 0.1) is 0 Å². The number of anilines is 1. The summed E-state index contributed by atoms with van der Waals surface area (Å²) >= 11 is 0. The van der Waals surface area contributed by atoms with Crippen molar-refractivity contribution in [1.82, 2.24) is 9.55 Å². The molecule has 0 bridgehead atoms. The molecule has 9 nitrogen and oxygen atoms in total. The first-order chi connectivity index (χ1) is 16.9. The highest BCUT2D eigenvalue weighted by Gasteiger charge is 2.23. The zero-order valence-corrected chi connectivity index (χ0v) is 19.7. The molecule has 4 rings (SSSR count). The number of hydrogen-bond acceptors (Lipinski definition) is 7. The van der Waals surface area contributed by atoms with Gasteiger partial charge in [-0.1, -0.05) is 25.5 Å². The molecule has 0 radical (unpaired) electrons. The summed E-state index contributed by atoms with van der Waals surface area (Å²) in [5.74, 6) is -0.849.